The summed E-state index contributed by atoms with van der Waals surface area (Å²) in [6.07, 6.45) is 0. The van der Waals surface area contributed by atoms with Gasteiger partial charge in [0, 0.05) is 10.6 Å². The number of fused-ring (bicyclic) bond motifs is 1. The normalized spacial score (nSPS) is 11.0. The van der Waals surface area contributed by atoms with E-state index >= 15 is 0 Å². The number of H-pyrrole nitrogens is 1. The van der Waals surface area contributed by atoms with Crippen LogP contribution in [-0.4, -0.2) is 9.97 Å². The smallest absolute Gasteiger partial charge is 0.139 e. The fourth-order valence-electron chi connectivity index (χ4n) is 2.65. The van der Waals surface area contributed by atoms with Gasteiger partial charge in [-0.25, -0.2) is 4.98 Å². The van der Waals surface area contributed by atoms with Crippen molar-refractivity contribution in [1.82, 2.24) is 9.97 Å². The highest BCUT2D eigenvalue weighted by Gasteiger charge is 2.10. The number of benzene rings is 3. The molecule has 0 radical (unpaired) electrons. The van der Waals surface area contributed by atoms with Crippen molar-refractivity contribution in [3.05, 3.63) is 77.8 Å². The zero-order valence-electron chi connectivity index (χ0n) is 11.8. The molecule has 0 fully saturated rings. The maximum atomic E-state index is 5.99. The Labute approximate surface area is 133 Å². The summed E-state index contributed by atoms with van der Waals surface area (Å²) < 4.78 is 0. The van der Waals surface area contributed by atoms with Crippen molar-refractivity contribution in [2.75, 3.05) is 0 Å². The van der Waals surface area contributed by atoms with Crippen LogP contribution in [0.25, 0.3) is 33.5 Å². The van der Waals surface area contributed by atoms with Crippen LogP contribution in [0.1, 0.15) is 0 Å². The van der Waals surface area contributed by atoms with Crippen molar-refractivity contribution in [3.63, 3.8) is 0 Å². The van der Waals surface area contributed by atoms with Gasteiger partial charge < -0.3 is 4.98 Å². The second-order valence-electron chi connectivity index (χ2n) is 5.16. The number of nitrogens with one attached hydrogen (secondary N) is 1. The number of rotatable bonds is 2. The largest absolute Gasteiger partial charge is 0.338 e. The molecule has 1 heterocycles. The lowest BCUT2D eigenvalue weighted by Gasteiger charge is -2.07. The maximum Gasteiger partial charge on any atom is 0.139 e. The summed E-state index contributed by atoms with van der Waals surface area (Å²) in [7, 11) is 0. The average Bonchev–Trinajstić information content (AvgIpc) is 2.99. The molecule has 3 heteroatoms. The van der Waals surface area contributed by atoms with Crippen LogP contribution in [0.5, 0.6) is 0 Å². The summed E-state index contributed by atoms with van der Waals surface area (Å²) in [5.74, 6) is 0.881. The van der Waals surface area contributed by atoms with Crippen LogP contribution in [0.3, 0.4) is 0 Å². The summed E-state index contributed by atoms with van der Waals surface area (Å²) in [6, 6.07) is 24.2. The number of nitrogens with zero attached hydrogens (tertiary/aromatic N) is 1. The van der Waals surface area contributed by atoms with Crippen molar-refractivity contribution >= 4 is 22.6 Å². The van der Waals surface area contributed by atoms with Crippen LogP contribution in [0.4, 0.5) is 0 Å². The molecule has 2 nitrogen and oxygen atoms in total. The van der Waals surface area contributed by atoms with Crippen LogP contribution >= 0.6 is 11.6 Å². The van der Waals surface area contributed by atoms with Crippen LogP contribution in [0.15, 0.2) is 72.8 Å². The van der Waals surface area contributed by atoms with Gasteiger partial charge in [0.2, 0.25) is 0 Å². The quantitative estimate of drug-likeness (QED) is 0.516. The van der Waals surface area contributed by atoms with Crippen molar-refractivity contribution in [1.29, 1.82) is 0 Å². The molecule has 4 aromatic rings. The highest BCUT2D eigenvalue weighted by molar-refractivity contribution is 6.30. The Bertz CT molecular complexity index is 906. The third-order valence-electron chi connectivity index (χ3n) is 3.73. The molecule has 0 aliphatic carbocycles. The van der Waals surface area contributed by atoms with E-state index in [2.05, 4.69) is 17.1 Å². The minimum Gasteiger partial charge on any atom is -0.338 e. The summed E-state index contributed by atoms with van der Waals surface area (Å²) in [5, 5.41) is 0.741. The van der Waals surface area contributed by atoms with E-state index in [1.54, 1.807) is 0 Å². The molecule has 0 aliphatic rings. The molecule has 0 spiro atoms. The van der Waals surface area contributed by atoms with E-state index in [0.29, 0.717) is 0 Å². The van der Waals surface area contributed by atoms with E-state index in [9.17, 15) is 0 Å². The molecule has 1 aromatic heterocycles. The van der Waals surface area contributed by atoms with E-state index in [0.717, 1.165) is 38.6 Å². The number of hydrogen-bond donors (Lipinski definition) is 1. The number of aromatic amines is 1. The molecule has 0 amide bonds. The van der Waals surface area contributed by atoms with E-state index in [1.165, 1.54) is 0 Å². The predicted molar refractivity (Wildman–Crippen MR) is 92.0 cm³/mol. The summed E-state index contributed by atoms with van der Waals surface area (Å²) in [5.41, 5.74) is 5.37. The lowest BCUT2D eigenvalue weighted by molar-refractivity contribution is 1.34. The molecule has 0 atom stereocenters. The molecule has 3 aromatic carbocycles. The lowest BCUT2D eigenvalue weighted by atomic mass is 9.99. The summed E-state index contributed by atoms with van der Waals surface area (Å²) in [4.78, 5) is 8.10. The molecule has 0 aliphatic heterocycles. The van der Waals surface area contributed by atoms with Crippen molar-refractivity contribution in [3.8, 4) is 22.5 Å². The summed E-state index contributed by atoms with van der Waals surface area (Å²) >= 11 is 5.99. The zero-order chi connectivity index (χ0) is 14.9. The van der Waals surface area contributed by atoms with Crippen molar-refractivity contribution in [2.45, 2.75) is 0 Å². The third kappa shape index (κ3) is 2.28. The first-order chi connectivity index (χ1) is 10.8. The van der Waals surface area contributed by atoms with Gasteiger partial charge in [0.25, 0.3) is 0 Å². The Kier molecular flexibility index (Phi) is 3.17. The van der Waals surface area contributed by atoms with Gasteiger partial charge >= 0.3 is 0 Å². The first kappa shape index (κ1) is 13.1. The van der Waals surface area contributed by atoms with Gasteiger partial charge in [-0.05, 0) is 35.4 Å². The molecule has 22 heavy (non-hydrogen) atoms. The molecule has 1 N–H and O–H groups in total. The van der Waals surface area contributed by atoms with Gasteiger partial charge in [-0.2, -0.15) is 0 Å². The molecule has 0 saturated carbocycles. The van der Waals surface area contributed by atoms with E-state index in [4.69, 9.17) is 16.6 Å². The second kappa shape index (κ2) is 5.32. The van der Waals surface area contributed by atoms with Gasteiger partial charge in [-0.15, -0.1) is 0 Å². The highest BCUT2D eigenvalue weighted by atomic mass is 35.5. The molecular weight excluding hydrogens is 292 g/mol. The first-order valence-electron chi connectivity index (χ1n) is 7.11. The van der Waals surface area contributed by atoms with Crippen LogP contribution in [-0.2, 0) is 0 Å². The Balaban J connectivity index is 1.90. The van der Waals surface area contributed by atoms with E-state index in [-0.39, 0.29) is 0 Å². The fraction of sp³-hybridized carbons (Fsp3) is 0. The summed E-state index contributed by atoms with van der Waals surface area (Å²) in [6.45, 7) is 0. The molecule has 4 rings (SSSR count). The Morgan fingerprint density at radius 3 is 2.18 bits per heavy atom. The van der Waals surface area contributed by atoms with E-state index in [1.807, 2.05) is 60.7 Å². The Morgan fingerprint density at radius 1 is 0.727 bits per heavy atom. The highest BCUT2D eigenvalue weighted by Crippen LogP contribution is 2.32. The number of halogens is 1. The van der Waals surface area contributed by atoms with Crippen molar-refractivity contribution < 1.29 is 0 Å². The van der Waals surface area contributed by atoms with Gasteiger partial charge in [0.1, 0.15) is 5.82 Å². The molecule has 0 unspecified atom stereocenters. The number of aromatic nitrogens is 2. The van der Waals surface area contributed by atoms with Gasteiger partial charge in [-0.1, -0.05) is 60.1 Å². The average molecular weight is 305 g/mol. The fourth-order valence-corrected chi connectivity index (χ4v) is 2.78. The number of imidazole rings is 1. The van der Waals surface area contributed by atoms with Crippen LogP contribution < -0.4 is 0 Å². The first-order valence-corrected chi connectivity index (χ1v) is 7.49. The molecule has 0 bridgehead atoms. The number of hydrogen-bond acceptors (Lipinski definition) is 1. The minimum absolute atomic E-state index is 0.741. The lowest BCUT2D eigenvalue weighted by Crippen LogP contribution is -1.86. The van der Waals surface area contributed by atoms with E-state index < -0.39 is 0 Å². The standard InChI is InChI=1S/C19H13ClN2/c20-14-11-9-13(10-12-14)15-5-1-2-6-16(15)19-21-17-7-3-4-8-18(17)22-19/h1-12H,(H,21,22). The molecule has 0 saturated heterocycles. The Hall–Kier alpha value is -2.58. The SMILES string of the molecule is Clc1ccc(-c2ccccc2-c2nc3ccccc3[nH]2)cc1. The van der Waals surface area contributed by atoms with Crippen molar-refractivity contribution in [2.24, 2.45) is 0 Å². The topological polar surface area (TPSA) is 28.7 Å². The zero-order valence-corrected chi connectivity index (χ0v) is 12.5. The molecular formula is C19H13ClN2. The second-order valence-corrected chi connectivity index (χ2v) is 5.59. The van der Waals surface area contributed by atoms with Crippen LogP contribution in [0, 0.1) is 0 Å². The maximum absolute atomic E-state index is 5.99. The monoisotopic (exact) mass is 304 g/mol. The predicted octanol–water partition coefficient (Wildman–Crippen LogP) is 5.55. The number of para-hydroxylation sites is 2. The molecule has 106 valence electrons. The van der Waals surface area contributed by atoms with Gasteiger partial charge in [0.15, 0.2) is 0 Å². The third-order valence-corrected chi connectivity index (χ3v) is 3.98. The van der Waals surface area contributed by atoms with Gasteiger partial charge in [-0.3, -0.25) is 0 Å². The van der Waals surface area contributed by atoms with Gasteiger partial charge in [0.05, 0.1) is 11.0 Å². The Morgan fingerprint density at radius 2 is 1.41 bits per heavy atom. The van der Waals surface area contributed by atoms with Crippen LogP contribution in [0.2, 0.25) is 5.02 Å². The minimum atomic E-state index is 0.741.